The minimum atomic E-state index is -0.289. The molecule has 1 aromatic rings. The van der Waals surface area contributed by atoms with Crippen LogP contribution >= 0.6 is 0 Å². The van der Waals surface area contributed by atoms with Gasteiger partial charge >= 0.3 is 0 Å². The first-order chi connectivity index (χ1) is 11.0. The average Bonchev–Trinajstić information content (AvgIpc) is 3.01. The van der Waals surface area contributed by atoms with E-state index in [1.54, 1.807) is 18.2 Å². The van der Waals surface area contributed by atoms with E-state index in [0.717, 1.165) is 30.8 Å². The van der Waals surface area contributed by atoms with E-state index in [-0.39, 0.29) is 30.6 Å². The van der Waals surface area contributed by atoms with Gasteiger partial charge in [0.25, 0.3) is 5.91 Å². The number of amides is 2. The maximum atomic E-state index is 12.4. The predicted molar refractivity (Wildman–Crippen MR) is 83.3 cm³/mol. The lowest BCUT2D eigenvalue weighted by Crippen LogP contribution is -3.17. The lowest BCUT2D eigenvalue weighted by Gasteiger charge is -2.31. The van der Waals surface area contributed by atoms with Crippen molar-refractivity contribution >= 4 is 17.5 Å². The quantitative estimate of drug-likeness (QED) is 0.698. The Bertz CT molecular complexity index is 611. The molecule has 2 amide bonds. The molecule has 0 aromatic heterocycles. The lowest BCUT2D eigenvalue weighted by molar-refractivity contribution is -0.919. The molecule has 2 aliphatic rings. The summed E-state index contributed by atoms with van der Waals surface area (Å²) in [5, 5.41) is 2.93. The van der Waals surface area contributed by atoms with Gasteiger partial charge in [-0.1, -0.05) is 0 Å². The molecule has 0 spiro atoms. The van der Waals surface area contributed by atoms with Crippen molar-refractivity contribution < 1.29 is 24.0 Å². The van der Waals surface area contributed by atoms with Crippen LogP contribution in [0.1, 0.15) is 19.8 Å². The number of hydrogen-bond donors (Lipinski definition) is 3. The van der Waals surface area contributed by atoms with E-state index in [4.69, 9.17) is 15.2 Å². The van der Waals surface area contributed by atoms with Crippen molar-refractivity contribution in [1.82, 2.24) is 0 Å². The number of quaternary nitrogens is 1. The maximum Gasteiger partial charge on any atom is 0.275 e. The highest BCUT2D eigenvalue weighted by Crippen LogP contribution is 2.34. The fraction of sp³-hybridized carbons (Fsp3) is 0.500. The van der Waals surface area contributed by atoms with Crippen molar-refractivity contribution in [2.45, 2.75) is 25.8 Å². The number of nitrogens with two attached hydrogens (primary N) is 1. The van der Waals surface area contributed by atoms with Gasteiger partial charge in [-0.3, -0.25) is 9.59 Å². The van der Waals surface area contributed by atoms with Crippen molar-refractivity contribution in [1.29, 1.82) is 0 Å². The summed E-state index contributed by atoms with van der Waals surface area (Å²) in [6, 6.07) is 5.17. The van der Waals surface area contributed by atoms with Crippen LogP contribution < -0.4 is 25.4 Å². The monoisotopic (exact) mass is 320 g/mol. The minimum absolute atomic E-state index is 0.00893. The van der Waals surface area contributed by atoms with Gasteiger partial charge in [0.15, 0.2) is 17.5 Å². The average molecular weight is 320 g/mol. The summed E-state index contributed by atoms with van der Waals surface area (Å²) in [5.41, 5.74) is 6.05. The second-order valence-electron chi connectivity index (χ2n) is 6.11. The molecule has 0 bridgehead atoms. The Morgan fingerprint density at radius 1 is 1.26 bits per heavy atom. The highest BCUT2D eigenvalue weighted by Gasteiger charge is 2.32. The molecule has 0 saturated carbocycles. The Morgan fingerprint density at radius 3 is 2.65 bits per heavy atom. The molecule has 7 nitrogen and oxygen atoms in total. The van der Waals surface area contributed by atoms with Crippen LogP contribution in [-0.2, 0) is 9.59 Å². The van der Waals surface area contributed by atoms with Crippen LogP contribution in [0.25, 0.3) is 0 Å². The van der Waals surface area contributed by atoms with Gasteiger partial charge in [-0.2, -0.15) is 0 Å². The molecule has 0 radical (unpaired) electrons. The summed E-state index contributed by atoms with van der Waals surface area (Å²) in [6.45, 7) is 3.61. The van der Waals surface area contributed by atoms with Crippen molar-refractivity contribution in [2.24, 2.45) is 11.7 Å². The molecule has 1 aromatic carbocycles. The lowest BCUT2D eigenvalue weighted by atomic mass is 9.95. The Kier molecular flexibility index (Phi) is 4.38. The second-order valence-corrected chi connectivity index (χ2v) is 6.11. The maximum absolute atomic E-state index is 12.4. The second kappa shape index (κ2) is 6.45. The normalized spacial score (nSPS) is 24.0. The van der Waals surface area contributed by atoms with E-state index >= 15 is 0 Å². The topological polar surface area (TPSA) is 95.1 Å². The van der Waals surface area contributed by atoms with Gasteiger partial charge < -0.3 is 25.4 Å². The van der Waals surface area contributed by atoms with Crippen LogP contribution in [0.15, 0.2) is 18.2 Å². The van der Waals surface area contributed by atoms with Crippen LogP contribution in [-0.4, -0.2) is 37.7 Å². The van der Waals surface area contributed by atoms with E-state index in [1.165, 1.54) is 0 Å². The number of primary amides is 1. The van der Waals surface area contributed by atoms with Crippen molar-refractivity contribution in [3.05, 3.63) is 18.2 Å². The zero-order chi connectivity index (χ0) is 16.4. The third-order valence-corrected chi connectivity index (χ3v) is 4.68. The van der Waals surface area contributed by atoms with Gasteiger partial charge in [0, 0.05) is 30.5 Å². The van der Waals surface area contributed by atoms with Gasteiger partial charge in [0.05, 0.1) is 13.1 Å². The largest absolute Gasteiger partial charge is 0.454 e. The first kappa shape index (κ1) is 15.6. The van der Waals surface area contributed by atoms with Crippen LogP contribution in [0.4, 0.5) is 5.69 Å². The molecular weight excluding hydrogens is 298 g/mol. The van der Waals surface area contributed by atoms with Gasteiger partial charge in [-0.05, 0) is 19.1 Å². The molecule has 7 heteroatoms. The zero-order valence-corrected chi connectivity index (χ0v) is 13.1. The van der Waals surface area contributed by atoms with Crippen molar-refractivity contribution in [2.75, 3.05) is 25.2 Å². The predicted octanol–water partition coefficient (Wildman–Crippen LogP) is -0.477. The van der Waals surface area contributed by atoms with Gasteiger partial charge in [-0.25, -0.2) is 0 Å². The van der Waals surface area contributed by atoms with Crippen molar-refractivity contribution in [3.8, 4) is 11.5 Å². The number of carbonyl (C=O) groups excluding carboxylic acids is 2. The number of likely N-dealkylation sites (tertiary alicyclic amines) is 1. The molecule has 124 valence electrons. The summed E-state index contributed by atoms with van der Waals surface area (Å²) in [4.78, 5) is 24.8. The third-order valence-electron chi connectivity index (χ3n) is 4.68. The minimum Gasteiger partial charge on any atom is -0.454 e. The SMILES string of the molecule is C[C@@H](C(N)=O)[NH+]1CCC(C(=O)Nc2ccc3c(c2)OCO3)CC1. The van der Waals surface area contributed by atoms with Crippen LogP contribution in [0.2, 0.25) is 0 Å². The molecule has 1 atom stereocenters. The van der Waals surface area contributed by atoms with Gasteiger partial charge in [-0.15, -0.1) is 0 Å². The van der Waals surface area contributed by atoms with Crippen LogP contribution in [0.3, 0.4) is 0 Å². The third kappa shape index (κ3) is 3.39. The number of ether oxygens (including phenoxy) is 2. The Balaban J connectivity index is 1.55. The fourth-order valence-electron chi connectivity index (χ4n) is 3.10. The Hall–Kier alpha value is -2.28. The van der Waals surface area contributed by atoms with Crippen LogP contribution in [0.5, 0.6) is 11.5 Å². The van der Waals surface area contributed by atoms with E-state index in [0.29, 0.717) is 17.2 Å². The fourth-order valence-corrected chi connectivity index (χ4v) is 3.10. The molecule has 2 aliphatic heterocycles. The smallest absolute Gasteiger partial charge is 0.275 e. The number of benzene rings is 1. The van der Waals surface area contributed by atoms with E-state index in [9.17, 15) is 9.59 Å². The highest BCUT2D eigenvalue weighted by molar-refractivity contribution is 5.93. The molecule has 1 saturated heterocycles. The molecule has 4 N–H and O–H groups in total. The molecule has 2 heterocycles. The van der Waals surface area contributed by atoms with Gasteiger partial charge in [0.1, 0.15) is 0 Å². The summed E-state index contributed by atoms with van der Waals surface area (Å²) >= 11 is 0. The summed E-state index contributed by atoms with van der Waals surface area (Å²) < 4.78 is 10.6. The molecule has 1 fully saturated rings. The number of hydrogen-bond acceptors (Lipinski definition) is 4. The number of anilines is 1. The standard InChI is InChI=1S/C16H21N3O4/c1-10(15(17)20)19-6-4-11(5-7-19)16(21)18-12-2-3-13-14(8-12)23-9-22-13/h2-3,8,10-11H,4-7,9H2,1H3,(H2,17,20)(H,18,21)/p+1/t10-/m0/s1. The zero-order valence-electron chi connectivity index (χ0n) is 13.1. The molecule has 3 rings (SSSR count). The molecule has 0 unspecified atom stereocenters. The summed E-state index contributed by atoms with van der Waals surface area (Å²) in [5.74, 6) is 1.03. The first-order valence-corrected chi connectivity index (χ1v) is 7.89. The number of carbonyl (C=O) groups is 2. The Morgan fingerprint density at radius 2 is 1.96 bits per heavy atom. The van der Waals surface area contributed by atoms with E-state index < -0.39 is 0 Å². The molecule has 0 aliphatic carbocycles. The summed E-state index contributed by atoms with van der Waals surface area (Å²) in [7, 11) is 0. The molecular formula is C16H22N3O4+. The van der Waals surface area contributed by atoms with Gasteiger partial charge in [0.2, 0.25) is 12.7 Å². The first-order valence-electron chi connectivity index (χ1n) is 7.89. The van der Waals surface area contributed by atoms with E-state index in [1.807, 2.05) is 6.92 Å². The Labute approximate surface area is 134 Å². The number of nitrogens with one attached hydrogen (secondary N) is 2. The number of piperidine rings is 1. The number of fused-ring (bicyclic) bond motifs is 1. The molecule has 23 heavy (non-hydrogen) atoms. The highest BCUT2D eigenvalue weighted by atomic mass is 16.7. The van der Waals surface area contributed by atoms with Crippen LogP contribution in [0, 0.1) is 5.92 Å². The number of rotatable bonds is 4. The summed E-state index contributed by atoms with van der Waals surface area (Å²) in [6.07, 6.45) is 1.51. The van der Waals surface area contributed by atoms with Crippen molar-refractivity contribution in [3.63, 3.8) is 0 Å². The van der Waals surface area contributed by atoms with E-state index in [2.05, 4.69) is 5.32 Å².